The lowest BCUT2D eigenvalue weighted by Gasteiger charge is -2.18. The monoisotopic (exact) mass is 306 g/mol. The van der Waals surface area contributed by atoms with E-state index in [4.69, 9.17) is 14.2 Å². The van der Waals surface area contributed by atoms with E-state index < -0.39 is 17.5 Å². The van der Waals surface area contributed by atoms with E-state index in [1.807, 2.05) is 0 Å². The highest BCUT2D eigenvalue weighted by Crippen LogP contribution is 2.19. The predicted octanol–water partition coefficient (Wildman–Crippen LogP) is 2.97. The summed E-state index contributed by atoms with van der Waals surface area (Å²) in [6.45, 7) is 5.64. The normalized spacial score (nSPS) is 11.5. The topological polar surface area (TPSA) is 61.8 Å². The molecule has 1 rings (SSSR count). The molecule has 0 saturated carbocycles. The van der Waals surface area contributed by atoms with Crippen LogP contribution in [0.4, 0.5) is 0 Å². The SMILES string of the molecule is COCc1cccc(/C=C/C(=O)OC(C)(C)C)c1C(=O)OC. The number of ether oxygens (including phenoxy) is 3. The molecule has 5 nitrogen and oxygen atoms in total. The van der Waals surface area contributed by atoms with Crippen molar-refractivity contribution in [3.8, 4) is 0 Å². The van der Waals surface area contributed by atoms with Crippen LogP contribution in [-0.2, 0) is 25.6 Å². The Balaban J connectivity index is 3.11. The fraction of sp³-hybridized carbons (Fsp3) is 0.412. The molecule has 0 spiro atoms. The van der Waals surface area contributed by atoms with Crippen LogP contribution >= 0.6 is 0 Å². The van der Waals surface area contributed by atoms with Gasteiger partial charge in [0.2, 0.25) is 0 Å². The molecular weight excluding hydrogens is 284 g/mol. The van der Waals surface area contributed by atoms with Crippen LogP contribution in [0.15, 0.2) is 24.3 Å². The zero-order valence-corrected chi connectivity index (χ0v) is 13.6. The first kappa shape index (κ1) is 17.9. The van der Waals surface area contributed by atoms with Crippen molar-refractivity contribution in [3.05, 3.63) is 41.0 Å². The Morgan fingerprint density at radius 2 is 1.86 bits per heavy atom. The smallest absolute Gasteiger partial charge is 0.338 e. The number of methoxy groups -OCH3 is 2. The van der Waals surface area contributed by atoms with Crippen LogP contribution in [0, 0.1) is 0 Å². The summed E-state index contributed by atoms with van der Waals surface area (Å²) < 4.78 is 15.1. The summed E-state index contributed by atoms with van der Waals surface area (Å²) in [7, 11) is 2.86. The quantitative estimate of drug-likeness (QED) is 0.618. The number of hydrogen-bond donors (Lipinski definition) is 0. The Labute approximate surface area is 130 Å². The van der Waals surface area contributed by atoms with Crippen molar-refractivity contribution in [1.82, 2.24) is 0 Å². The molecule has 1 aromatic rings. The molecule has 0 aromatic heterocycles. The molecule has 120 valence electrons. The van der Waals surface area contributed by atoms with Gasteiger partial charge in [0.25, 0.3) is 0 Å². The number of rotatable bonds is 5. The molecule has 0 amide bonds. The van der Waals surface area contributed by atoms with Gasteiger partial charge in [-0.3, -0.25) is 0 Å². The maximum atomic E-state index is 12.0. The van der Waals surface area contributed by atoms with Gasteiger partial charge < -0.3 is 14.2 Å². The third-order valence-electron chi connectivity index (χ3n) is 2.68. The lowest BCUT2D eigenvalue weighted by Crippen LogP contribution is -2.22. The average molecular weight is 306 g/mol. The molecule has 0 bridgehead atoms. The molecule has 1 aromatic carbocycles. The van der Waals surface area contributed by atoms with Gasteiger partial charge in [0.1, 0.15) is 5.60 Å². The summed E-state index contributed by atoms with van der Waals surface area (Å²) >= 11 is 0. The van der Waals surface area contributed by atoms with Crippen LogP contribution in [0.5, 0.6) is 0 Å². The molecule has 0 fully saturated rings. The second kappa shape index (κ2) is 7.75. The van der Waals surface area contributed by atoms with Gasteiger partial charge in [-0.25, -0.2) is 9.59 Å². The molecule has 0 aliphatic rings. The third-order valence-corrected chi connectivity index (χ3v) is 2.68. The minimum absolute atomic E-state index is 0.276. The molecule has 0 radical (unpaired) electrons. The van der Waals surface area contributed by atoms with E-state index in [0.717, 1.165) is 0 Å². The number of hydrogen-bond acceptors (Lipinski definition) is 5. The Morgan fingerprint density at radius 1 is 1.18 bits per heavy atom. The van der Waals surface area contributed by atoms with Crippen molar-refractivity contribution in [2.75, 3.05) is 14.2 Å². The lowest BCUT2D eigenvalue weighted by atomic mass is 10.0. The zero-order valence-electron chi connectivity index (χ0n) is 13.6. The highest BCUT2D eigenvalue weighted by atomic mass is 16.6. The maximum absolute atomic E-state index is 12.0. The van der Waals surface area contributed by atoms with Gasteiger partial charge in [-0.05, 0) is 38.0 Å². The van der Waals surface area contributed by atoms with Gasteiger partial charge in [-0.1, -0.05) is 18.2 Å². The van der Waals surface area contributed by atoms with Gasteiger partial charge in [0, 0.05) is 13.2 Å². The van der Waals surface area contributed by atoms with Gasteiger partial charge >= 0.3 is 11.9 Å². The number of carbonyl (C=O) groups excluding carboxylic acids is 2. The predicted molar refractivity (Wildman–Crippen MR) is 83.4 cm³/mol. The Bertz CT molecular complexity index is 567. The minimum atomic E-state index is -0.565. The number of benzene rings is 1. The average Bonchev–Trinajstić information content (AvgIpc) is 2.43. The van der Waals surface area contributed by atoms with Crippen LogP contribution < -0.4 is 0 Å². The minimum Gasteiger partial charge on any atom is -0.465 e. The Morgan fingerprint density at radius 3 is 2.41 bits per heavy atom. The van der Waals surface area contributed by atoms with Crippen LogP contribution in [0.2, 0.25) is 0 Å². The van der Waals surface area contributed by atoms with Gasteiger partial charge in [0.15, 0.2) is 0 Å². The molecular formula is C17H22O5. The fourth-order valence-corrected chi connectivity index (χ4v) is 1.88. The molecule has 0 heterocycles. The number of carbonyl (C=O) groups is 2. The highest BCUT2D eigenvalue weighted by molar-refractivity contribution is 5.97. The maximum Gasteiger partial charge on any atom is 0.338 e. The second-order valence-electron chi connectivity index (χ2n) is 5.67. The molecule has 0 N–H and O–H groups in total. The first-order valence-corrected chi connectivity index (χ1v) is 6.88. The third kappa shape index (κ3) is 5.33. The van der Waals surface area contributed by atoms with Gasteiger partial charge in [0.05, 0.1) is 19.3 Å². The first-order chi connectivity index (χ1) is 10.3. The van der Waals surface area contributed by atoms with E-state index in [2.05, 4.69) is 0 Å². The molecule has 0 saturated heterocycles. The van der Waals surface area contributed by atoms with Crippen LogP contribution in [0.1, 0.15) is 42.3 Å². The van der Waals surface area contributed by atoms with Crippen molar-refractivity contribution in [3.63, 3.8) is 0 Å². The summed E-state index contributed by atoms with van der Waals surface area (Å²) in [5.41, 5.74) is 1.09. The summed E-state index contributed by atoms with van der Waals surface area (Å²) in [4.78, 5) is 23.7. The van der Waals surface area contributed by atoms with Crippen molar-refractivity contribution in [2.24, 2.45) is 0 Å². The van der Waals surface area contributed by atoms with E-state index in [-0.39, 0.29) is 6.61 Å². The lowest BCUT2D eigenvalue weighted by molar-refractivity contribution is -0.148. The summed E-state index contributed by atoms with van der Waals surface area (Å²) in [5.74, 6) is -0.947. The van der Waals surface area contributed by atoms with E-state index in [9.17, 15) is 9.59 Å². The summed E-state index contributed by atoms with van der Waals surface area (Å²) in [6, 6.07) is 5.29. The molecule has 0 aliphatic heterocycles. The largest absolute Gasteiger partial charge is 0.465 e. The fourth-order valence-electron chi connectivity index (χ4n) is 1.88. The van der Waals surface area contributed by atoms with E-state index in [0.29, 0.717) is 16.7 Å². The van der Waals surface area contributed by atoms with E-state index >= 15 is 0 Å². The molecule has 0 aliphatic carbocycles. The van der Waals surface area contributed by atoms with Gasteiger partial charge in [-0.2, -0.15) is 0 Å². The Kier molecular flexibility index (Phi) is 6.31. The zero-order chi connectivity index (χ0) is 16.8. The van der Waals surface area contributed by atoms with Crippen LogP contribution in [0.3, 0.4) is 0 Å². The molecule has 0 atom stereocenters. The molecule has 5 heteroatoms. The van der Waals surface area contributed by atoms with Crippen molar-refractivity contribution in [1.29, 1.82) is 0 Å². The number of esters is 2. The van der Waals surface area contributed by atoms with Crippen molar-refractivity contribution in [2.45, 2.75) is 33.0 Å². The summed E-state index contributed by atoms with van der Waals surface area (Å²) in [6.07, 6.45) is 2.84. The van der Waals surface area contributed by atoms with Crippen LogP contribution in [0.25, 0.3) is 6.08 Å². The van der Waals surface area contributed by atoms with Crippen molar-refractivity contribution < 1.29 is 23.8 Å². The van der Waals surface area contributed by atoms with E-state index in [1.54, 1.807) is 52.2 Å². The first-order valence-electron chi connectivity index (χ1n) is 6.88. The van der Waals surface area contributed by atoms with Crippen molar-refractivity contribution >= 4 is 18.0 Å². The van der Waals surface area contributed by atoms with E-state index in [1.165, 1.54) is 13.2 Å². The summed E-state index contributed by atoms with van der Waals surface area (Å²) in [5, 5.41) is 0. The van der Waals surface area contributed by atoms with Crippen LogP contribution in [-0.4, -0.2) is 31.8 Å². The highest BCUT2D eigenvalue weighted by Gasteiger charge is 2.17. The molecule has 0 unspecified atom stereocenters. The molecule has 22 heavy (non-hydrogen) atoms. The standard InChI is InChI=1S/C17H22O5/c1-17(2,3)22-14(18)10-9-12-7-6-8-13(11-20-4)15(12)16(19)21-5/h6-10H,11H2,1-5H3/b10-9+. The Hall–Kier alpha value is -2.14. The van der Waals surface area contributed by atoms with Gasteiger partial charge in [-0.15, -0.1) is 0 Å². The second-order valence-corrected chi connectivity index (χ2v) is 5.67.